The van der Waals surface area contributed by atoms with Gasteiger partial charge in [0.1, 0.15) is 11.2 Å². The van der Waals surface area contributed by atoms with Crippen molar-refractivity contribution < 1.29 is 9.18 Å². The van der Waals surface area contributed by atoms with Crippen molar-refractivity contribution in [1.29, 1.82) is 0 Å². The van der Waals surface area contributed by atoms with Crippen molar-refractivity contribution in [2.24, 2.45) is 0 Å². The van der Waals surface area contributed by atoms with Crippen molar-refractivity contribution in [2.45, 2.75) is 36.2 Å². The Hall–Kier alpha value is -1.80. The van der Waals surface area contributed by atoms with Crippen LogP contribution in [0.25, 0.3) is 5.69 Å². The molecule has 0 saturated carbocycles. The Morgan fingerprint density at radius 1 is 1.17 bits per heavy atom. The lowest BCUT2D eigenvalue weighted by atomic mass is 10.2. The van der Waals surface area contributed by atoms with Gasteiger partial charge in [0, 0.05) is 10.8 Å². The Kier molecular flexibility index (Phi) is 7.63. The summed E-state index contributed by atoms with van der Waals surface area (Å²) in [6.07, 6.45) is 0. The molecule has 10 heteroatoms. The molecule has 0 spiro atoms. The van der Waals surface area contributed by atoms with Gasteiger partial charge < -0.3 is 5.32 Å². The predicted octanol–water partition coefficient (Wildman–Crippen LogP) is 5.81. The Morgan fingerprint density at radius 2 is 1.87 bits per heavy atom. The van der Waals surface area contributed by atoms with E-state index in [1.807, 2.05) is 0 Å². The molecule has 0 bridgehead atoms. The Morgan fingerprint density at radius 3 is 2.50 bits per heavy atom. The number of nitrogens with zero attached hydrogens (tertiary/aromatic N) is 3. The summed E-state index contributed by atoms with van der Waals surface area (Å²) >= 11 is 19.8. The fourth-order valence-corrected chi connectivity index (χ4v) is 4.13. The molecular weight excluding hydrogens is 470 g/mol. The van der Waals surface area contributed by atoms with E-state index in [4.69, 9.17) is 34.8 Å². The van der Waals surface area contributed by atoms with Crippen molar-refractivity contribution in [3.05, 3.63) is 69.7 Å². The smallest absolute Gasteiger partial charge is 0.238 e. The van der Waals surface area contributed by atoms with E-state index in [9.17, 15) is 9.18 Å². The van der Waals surface area contributed by atoms with E-state index >= 15 is 0 Å². The summed E-state index contributed by atoms with van der Waals surface area (Å²) in [7, 11) is 0. The third-order valence-electron chi connectivity index (χ3n) is 4.20. The van der Waals surface area contributed by atoms with Gasteiger partial charge in [-0.1, -0.05) is 47.1 Å². The largest absolute Gasteiger partial charge is 0.345 e. The molecule has 0 aliphatic carbocycles. The number of rotatable bonds is 7. The van der Waals surface area contributed by atoms with Crippen LogP contribution in [0.4, 0.5) is 4.39 Å². The first-order valence-electron chi connectivity index (χ1n) is 8.98. The Bertz CT molecular complexity index is 1040. The van der Waals surface area contributed by atoms with Crippen molar-refractivity contribution in [3.8, 4) is 5.69 Å². The first kappa shape index (κ1) is 22.9. The fraction of sp³-hybridized carbons (Fsp3) is 0.250. The van der Waals surface area contributed by atoms with Crippen LogP contribution in [0.15, 0.2) is 47.6 Å². The van der Waals surface area contributed by atoms with Crippen LogP contribution in [0.1, 0.15) is 31.3 Å². The van der Waals surface area contributed by atoms with Gasteiger partial charge in [0.2, 0.25) is 5.91 Å². The maximum atomic E-state index is 13.2. The van der Waals surface area contributed by atoms with Crippen LogP contribution in [-0.2, 0) is 10.5 Å². The number of thioether (sulfide) groups is 1. The molecule has 3 rings (SSSR count). The SMILES string of the molecule is CC(Cl)C(=O)NC(C)c1nnc(SCc2ccc(F)cc2)n1-c1ccc(Cl)cc1Cl. The maximum absolute atomic E-state index is 13.2. The second-order valence-electron chi connectivity index (χ2n) is 6.53. The van der Waals surface area contributed by atoms with E-state index in [-0.39, 0.29) is 11.7 Å². The number of alkyl halides is 1. The van der Waals surface area contributed by atoms with Crippen molar-refractivity contribution in [1.82, 2.24) is 20.1 Å². The summed E-state index contributed by atoms with van der Waals surface area (Å²) in [5, 5.41) is 12.2. The molecule has 3 aromatic rings. The van der Waals surface area contributed by atoms with Crippen LogP contribution in [0.3, 0.4) is 0 Å². The fourth-order valence-electron chi connectivity index (χ4n) is 2.67. The molecule has 5 nitrogen and oxygen atoms in total. The molecule has 30 heavy (non-hydrogen) atoms. The van der Waals surface area contributed by atoms with Gasteiger partial charge in [-0.05, 0) is 49.7 Å². The van der Waals surface area contributed by atoms with Crippen LogP contribution < -0.4 is 5.32 Å². The summed E-state index contributed by atoms with van der Waals surface area (Å²) < 4.78 is 14.9. The number of carbonyl (C=O) groups excluding carboxylic acids is 1. The lowest BCUT2D eigenvalue weighted by molar-refractivity contribution is -0.121. The summed E-state index contributed by atoms with van der Waals surface area (Å²) in [5.41, 5.74) is 1.56. The van der Waals surface area contributed by atoms with E-state index in [2.05, 4.69) is 15.5 Å². The van der Waals surface area contributed by atoms with E-state index in [0.29, 0.717) is 32.5 Å². The minimum atomic E-state index is -0.685. The van der Waals surface area contributed by atoms with Gasteiger partial charge in [-0.3, -0.25) is 9.36 Å². The molecule has 0 fully saturated rings. The highest BCUT2D eigenvalue weighted by Gasteiger charge is 2.23. The monoisotopic (exact) mass is 486 g/mol. The highest BCUT2D eigenvalue weighted by atomic mass is 35.5. The number of halogens is 4. The molecule has 2 aromatic carbocycles. The van der Waals surface area contributed by atoms with E-state index in [1.54, 1.807) is 48.7 Å². The maximum Gasteiger partial charge on any atom is 0.238 e. The van der Waals surface area contributed by atoms with Crippen LogP contribution in [0.2, 0.25) is 10.0 Å². The van der Waals surface area contributed by atoms with Gasteiger partial charge in [-0.25, -0.2) is 4.39 Å². The number of benzene rings is 2. The van der Waals surface area contributed by atoms with Gasteiger partial charge in [0.25, 0.3) is 0 Å². The zero-order valence-corrected chi connectivity index (χ0v) is 19.2. The first-order valence-corrected chi connectivity index (χ1v) is 11.2. The standard InChI is InChI=1S/C20H18Cl3FN4OS/c1-11(21)19(29)25-12(2)18-26-27-20(30-10-13-3-6-15(24)7-4-13)28(18)17-8-5-14(22)9-16(17)23/h3-9,11-12H,10H2,1-2H3,(H,25,29). The minimum absolute atomic E-state index is 0.291. The molecule has 2 atom stereocenters. The molecule has 158 valence electrons. The number of carbonyl (C=O) groups is 1. The van der Waals surface area contributed by atoms with Gasteiger partial charge in [0.15, 0.2) is 11.0 Å². The summed E-state index contributed by atoms with van der Waals surface area (Å²) in [6.45, 7) is 3.38. The first-order chi connectivity index (χ1) is 14.3. The number of aromatic nitrogens is 3. The third-order valence-corrected chi connectivity index (χ3v) is 5.93. The van der Waals surface area contributed by atoms with Crippen molar-refractivity contribution >= 4 is 52.5 Å². The molecule has 1 N–H and O–H groups in total. The van der Waals surface area contributed by atoms with Crippen LogP contribution in [0, 0.1) is 5.82 Å². The van der Waals surface area contributed by atoms with Gasteiger partial charge in [-0.15, -0.1) is 21.8 Å². The number of amides is 1. The molecule has 2 unspecified atom stereocenters. The van der Waals surface area contributed by atoms with Gasteiger partial charge >= 0.3 is 0 Å². The summed E-state index contributed by atoms with van der Waals surface area (Å²) in [5.74, 6) is 0.427. The molecule has 1 aromatic heterocycles. The second-order valence-corrected chi connectivity index (χ2v) is 8.97. The van der Waals surface area contributed by atoms with Gasteiger partial charge in [0.05, 0.1) is 16.8 Å². The van der Waals surface area contributed by atoms with Crippen LogP contribution in [0.5, 0.6) is 0 Å². The van der Waals surface area contributed by atoms with Crippen molar-refractivity contribution in [2.75, 3.05) is 0 Å². The highest BCUT2D eigenvalue weighted by Crippen LogP contribution is 2.32. The van der Waals surface area contributed by atoms with Gasteiger partial charge in [-0.2, -0.15) is 0 Å². The van der Waals surface area contributed by atoms with Crippen LogP contribution >= 0.6 is 46.6 Å². The molecule has 0 saturated heterocycles. The Balaban J connectivity index is 1.96. The molecule has 0 aliphatic rings. The molecular formula is C20H18Cl3FN4OS. The van der Waals surface area contributed by atoms with Crippen molar-refractivity contribution in [3.63, 3.8) is 0 Å². The zero-order chi connectivity index (χ0) is 21.8. The predicted molar refractivity (Wildman–Crippen MR) is 119 cm³/mol. The average Bonchev–Trinajstić information content (AvgIpc) is 3.11. The molecule has 1 amide bonds. The van der Waals surface area contributed by atoms with E-state index in [0.717, 1.165) is 5.56 Å². The molecule has 0 aliphatic heterocycles. The topological polar surface area (TPSA) is 59.8 Å². The average molecular weight is 488 g/mol. The number of hydrogen-bond acceptors (Lipinski definition) is 4. The highest BCUT2D eigenvalue weighted by molar-refractivity contribution is 7.98. The lowest BCUT2D eigenvalue weighted by Crippen LogP contribution is -2.33. The van der Waals surface area contributed by atoms with Crippen LogP contribution in [-0.4, -0.2) is 26.0 Å². The zero-order valence-electron chi connectivity index (χ0n) is 16.1. The number of hydrogen-bond donors (Lipinski definition) is 1. The quantitative estimate of drug-likeness (QED) is 0.337. The molecule has 1 heterocycles. The Labute approximate surface area is 192 Å². The summed E-state index contributed by atoms with van der Waals surface area (Å²) in [4.78, 5) is 12.1. The van der Waals surface area contributed by atoms with E-state index in [1.165, 1.54) is 23.9 Å². The lowest BCUT2D eigenvalue weighted by Gasteiger charge is -2.18. The summed E-state index contributed by atoms with van der Waals surface area (Å²) in [6, 6.07) is 10.9. The van der Waals surface area contributed by atoms with E-state index < -0.39 is 11.4 Å². The molecule has 0 radical (unpaired) electrons. The second kappa shape index (κ2) is 10.0. The third kappa shape index (κ3) is 5.46. The number of nitrogens with one attached hydrogen (secondary N) is 1. The minimum Gasteiger partial charge on any atom is -0.345 e. The normalized spacial score (nSPS) is 13.1.